The van der Waals surface area contributed by atoms with Gasteiger partial charge in [-0.25, -0.2) is 4.39 Å². The molecule has 0 fully saturated rings. The Hall–Kier alpha value is -3.73. The van der Waals surface area contributed by atoms with Gasteiger partial charge in [0, 0.05) is 16.3 Å². The van der Waals surface area contributed by atoms with Crippen molar-refractivity contribution < 1.29 is 13.9 Å². The number of benzene rings is 3. The normalized spacial score (nSPS) is 11.1. The summed E-state index contributed by atoms with van der Waals surface area (Å²) in [5, 5.41) is 10.3. The van der Waals surface area contributed by atoms with E-state index in [-0.39, 0.29) is 5.82 Å². The van der Waals surface area contributed by atoms with Gasteiger partial charge in [0.25, 0.3) is 0 Å². The fraction of sp³-hybridized carbons (Fsp3) is 0.0833. The predicted molar refractivity (Wildman–Crippen MR) is 113 cm³/mol. The number of methoxy groups -OCH3 is 1. The molecule has 0 bridgehead atoms. The molecule has 4 aromatic rings. The molecule has 4 nitrogen and oxygen atoms in total. The van der Waals surface area contributed by atoms with E-state index >= 15 is 0 Å². The van der Waals surface area contributed by atoms with Crippen LogP contribution >= 0.6 is 0 Å². The summed E-state index contributed by atoms with van der Waals surface area (Å²) >= 11 is 0. The molecule has 0 amide bonds. The van der Waals surface area contributed by atoms with Gasteiger partial charge in [-0.3, -0.25) is 0 Å². The molecule has 0 unspecified atom stereocenters. The van der Waals surface area contributed by atoms with Crippen LogP contribution in [0.25, 0.3) is 28.1 Å². The van der Waals surface area contributed by atoms with Crippen LogP contribution in [0.5, 0.6) is 17.4 Å². The third-order valence-electron chi connectivity index (χ3n) is 4.52. The molecule has 29 heavy (non-hydrogen) atoms. The number of ether oxygens (including phenoxy) is 2. The molecule has 0 N–H and O–H groups in total. The van der Waals surface area contributed by atoms with E-state index < -0.39 is 0 Å². The van der Waals surface area contributed by atoms with Crippen LogP contribution in [0.4, 0.5) is 4.39 Å². The highest BCUT2D eigenvalue weighted by molar-refractivity contribution is 5.97. The number of allylic oxidation sites excluding steroid dienone is 1. The monoisotopic (exact) mass is 386 g/mol. The van der Waals surface area contributed by atoms with Crippen molar-refractivity contribution in [1.29, 1.82) is 0 Å². The molecular formula is C24H19FN2O2. The summed E-state index contributed by atoms with van der Waals surface area (Å²) in [6.45, 7) is 1.96. The van der Waals surface area contributed by atoms with Gasteiger partial charge in [0.2, 0.25) is 5.88 Å². The molecule has 0 atom stereocenters. The maximum absolute atomic E-state index is 13.3. The molecule has 0 radical (unpaired) electrons. The summed E-state index contributed by atoms with van der Waals surface area (Å²) in [7, 11) is 1.60. The molecule has 0 aliphatic heterocycles. The standard InChI is InChI=1S/C24H19FN2O2/c1-3-6-16-9-14-21(22(15-16)28-2)29-24-20-8-5-4-7-19(20)23(26-27-24)17-10-12-18(25)13-11-17/h3-15H,1-2H3/b6-3+. The van der Waals surface area contributed by atoms with Gasteiger partial charge in [-0.2, -0.15) is 0 Å². The molecule has 144 valence electrons. The molecule has 0 spiro atoms. The van der Waals surface area contributed by atoms with Crippen molar-refractivity contribution >= 4 is 16.8 Å². The van der Waals surface area contributed by atoms with E-state index in [0.29, 0.717) is 23.1 Å². The molecule has 3 aromatic carbocycles. The molecule has 1 heterocycles. The van der Waals surface area contributed by atoms with Crippen LogP contribution in [0, 0.1) is 5.82 Å². The second kappa shape index (κ2) is 8.10. The first-order chi connectivity index (χ1) is 14.2. The van der Waals surface area contributed by atoms with Crippen molar-refractivity contribution in [3.05, 3.63) is 84.2 Å². The van der Waals surface area contributed by atoms with Crippen LogP contribution in [-0.2, 0) is 0 Å². The Kier molecular flexibility index (Phi) is 5.20. The number of fused-ring (bicyclic) bond motifs is 1. The zero-order valence-electron chi connectivity index (χ0n) is 16.1. The molecule has 5 heteroatoms. The van der Waals surface area contributed by atoms with Crippen molar-refractivity contribution in [3.63, 3.8) is 0 Å². The van der Waals surface area contributed by atoms with Gasteiger partial charge in [-0.15, -0.1) is 10.2 Å². The van der Waals surface area contributed by atoms with Crippen LogP contribution in [-0.4, -0.2) is 17.3 Å². The summed E-state index contributed by atoms with van der Waals surface area (Å²) < 4.78 is 24.9. The number of nitrogens with zero attached hydrogens (tertiary/aromatic N) is 2. The van der Waals surface area contributed by atoms with Gasteiger partial charge < -0.3 is 9.47 Å². The van der Waals surface area contributed by atoms with Crippen molar-refractivity contribution in [2.45, 2.75) is 6.92 Å². The van der Waals surface area contributed by atoms with Crippen molar-refractivity contribution in [1.82, 2.24) is 10.2 Å². The smallest absolute Gasteiger partial charge is 0.246 e. The van der Waals surface area contributed by atoms with Crippen molar-refractivity contribution in [2.24, 2.45) is 0 Å². The molecule has 4 rings (SSSR count). The van der Waals surface area contributed by atoms with Crippen LogP contribution in [0.2, 0.25) is 0 Å². The third-order valence-corrected chi connectivity index (χ3v) is 4.52. The van der Waals surface area contributed by atoms with Crippen LogP contribution in [0.3, 0.4) is 0 Å². The largest absolute Gasteiger partial charge is 0.493 e. The number of halogens is 1. The van der Waals surface area contributed by atoms with E-state index in [0.717, 1.165) is 21.9 Å². The van der Waals surface area contributed by atoms with E-state index in [1.807, 2.05) is 61.5 Å². The lowest BCUT2D eigenvalue weighted by molar-refractivity contribution is 0.374. The number of hydrogen-bond donors (Lipinski definition) is 0. The van der Waals surface area contributed by atoms with E-state index in [9.17, 15) is 4.39 Å². The van der Waals surface area contributed by atoms with Crippen molar-refractivity contribution in [2.75, 3.05) is 7.11 Å². The topological polar surface area (TPSA) is 44.2 Å². The van der Waals surface area contributed by atoms with Crippen LogP contribution in [0.15, 0.2) is 72.8 Å². The zero-order chi connectivity index (χ0) is 20.2. The van der Waals surface area contributed by atoms with Gasteiger partial charge in [-0.1, -0.05) is 36.4 Å². The number of rotatable bonds is 5. The minimum absolute atomic E-state index is 0.292. The Labute approximate surface area is 168 Å². The first-order valence-electron chi connectivity index (χ1n) is 9.19. The first-order valence-corrected chi connectivity index (χ1v) is 9.19. The molecule has 0 aliphatic rings. The Bertz CT molecular complexity index is 1190. The highest BCUT2D eigenvalue weighted by atomic mass is 19.1. The van der Waals surface area contributed by atoms with Gasteiger partial charge in [-0.05, 0) is 55.0 Å². The fourth-order valence-corrected chi connectivity index (χ4v) is 3.14. The van der Waals surface area contributed by atoms with Crippen molar-refractivity contribution in [3.8, 4) is 28.6 Å². The fourth-order valence-electron chi connectivity index (χ4n) is 3.14. The second-order valence-electron chi connectivity index (χ2n) is 6.42. The Balaban J connectivity index is 1.78. The zero-order valence-corrected chi connectivity index (χ0v) is 16.1. The Morgan fingerprint density at radius 3 is 2.34 bits per heavy atom. The maximum Gasteiger partial charge on any atom is 0.246 e. The van der Waals surface area contributed by atoms with E-state index in [4.69, 9.17) is 9.47 Å². The van der Waals surface area contributed by atoms with Gasteiger partial charge in [0.1, 0.15) is 11.5 Å². The third kappa shape index (κ3) is 3.80. The van der Waals surface area contributed by atoms with Gasteiger partial charge in [0.05, 0.1) is 7.11 Å². The van der Waals surface area contributed by atoms with Crippen LogP contribution in [0.1, 0.15) is 12.5 Å². The average molecular weight is 386 g/mol. The molecular weight excluding hydrogens is 367 g/mol. The summed E-state index contributed by atoms with van der Waals surface area (Å²) in [5.74, 6) is 1.24. The first kappa shape index (κ1) is 18.6. The summed E-state index contributed by atoms with van der Waals surface area (Å²) in [5.41, 5.74) is 2.47. The summed E-state index contributed by atoms with van der Waals surface area (Å²) in [6, 6.07) is 19.6. The maximum atomic E-state index is 13.3. The van der Waals surface area contributed by atoms with Gasteiger partial charge >= 0.3 is 0 Å². The Morgan fingerprint density at radius 2 is 1.62 bits per heavy atom. The second-order valence-corrected chi connectivity index (χ2v) is 6.42. The van der Waals surface area contributed by atoms with E-state index in [2.05, 4.69) is 10.2 Å². The number of hydrogen-bond acceptors (Lipinski definition) is 4. The summed E-state index contributed by atoms with van der Waals surface area (Å²) in [6.07, 6.45) is 3.95. The lowest BCUT2D eigenvalue weighted by Crippen LogP contribution is -1.97. The van der Waals surface area contributed by atoms with E-state index in [1.54, 1.807) is 19.2 Å². The van der Waals surface area contributed by atoms with E-state index in [1.165, 1.54) is 12.1 Å². The van der Waals surface area contributed by atoms with Crippen LogP contribution < -0.4 is 9.47 Å². The minimum atomic E-state index is -0.292. The highest BCUT2D eigenvalue weighted by Crippen LogP contribution is 2.36. The quantitative estimate of drug-likeness (QED) is 0.405. The lowest BCUT2D eigenvalue weighted by Gasteiger charge is -2.13. The highest BCUT2D eigenvalue weighted by Gasteiger charge is 2.14. The molecule has 0 saturated carbocycles. The molecule has 0 aliphatic carbocycles. The molecule has 1 aromatic heterocycles. The predicted octanol–water partition coefficient (Wildman–Crippen LogP) is 6.27. The van der Waals surface area contributed by atoms with Gasteiger partial charge in [0.15, 0.2) is 11.5 Å². The average Bonchev–Trinajstić information content (AvgIpc) is 2.76. The summed E-state index contributed by atoms with van der Waals surface area (Å²) in [4.78, 5) is 0. The SMILES string of the molecule is C/C=C/c1ccc(Oc2nnc(-c3ccc(F)cc3)c3ccccc23)c(OC)c1. The molecule has 0 saturated heterocycles. The minimum Gasteiger partial charge on any atom is -0.493 e. The Morgan fingerprint density at radius 1 is 0.862 bits per heavy atom. The number of aromatic nitrogens is 2. The lowest BCUT2D eigenvalue weighted by atomic mass is 10.0.